The van der Waals surface area contributed by atoms with Gasteiger partial charge in [0.25, 0.3) is 0 Å². The summed E-state index contributed by atoms with van der Waals surface area (Å²) in [5, 5.41) is 2.54. The number of amides is 1. The fourth-order valence-electron chi connectivity index (χ4n) is 2.01. The number of rotatable bonds is 5. The number of thiazole rings is 1. The standard InChI is InChI=1S/C16H11F3N2O2S2/c17-16(18,19)23-11-5-3-4-10(8-11)20-14(22)9-24-15-21-12-6-1-2-7-13(12)25-15/h1-8H,9H2,(H,20,22). The van der Waals surface area contributed by atoms with Crippen LogP contribution < -0.4 is 10.1 Å². The summed E-state index contributed by atoms with van der Waals surface area (Å²) < 4.78 is 42.2. The molecule has 0 radical (unpaired) electrons. The minimum Gasteiger partial charge on any atom is -0.406 e. The second-order valence-corrected chi connectivity index (χ2v) is 7.11. The summed E-state index contributed by atoms with van der Waals surface area (Å²) in [7, 11) is 0. The van der Waals surface area contributed by atoms with E-state index in [2.05, 4.69) is 15.0 Å². The molecule has 0 aliphatic rings. The zero-order valence-corrected chi connectivity index (χ0v) is 14.2. The number of nitrogens with zero attached hydrogens (tertiary/aromatic N) is 1. The molecule has 0 bridgehead atoms. The molecule has 0 unspecified atom stereocenters. The Hall–Kier alpha value is -2.26. The first kappa shape index (κ1) is 17.6. The zero-order chi connectivity index (χ0) is 17.9. The molecule has 0 aliphatic carbocycles. The number of hydrogen-bond donors (Lipinski definition) is 1. The van der Waals surface area contributed by atoms with Crippen LogP contribution >= 0.6 is 23.1 Å². The number of fused-ring (bicyclic) bond motifs is 1. The molecule has 1 aromatic heterocycles. The number of carbonyl (C=O) groups excluding carboxylic acids is 1. The van der Waals surface area contributed by atoms with Crippen LogP contribution in [0.25, 0.3) is 10.2 Å². The number of anilines is 1. The van der Waals surface area contributed by atoms with Crippen molar-refractivity contribution in [1.29, 1.82) is 0 Å². The molecule has 4 nitrogen and oxygen atoms in total. The normalized spacial score (nSPS) is 11.5. The third kappa shape index (κ3) is 5.10. The number of alkyl halides is 3. The predicted molar refractivity (Wildman–Crippen MR) is 92.1 cm³/mol. The fourth-order valence-corrected chi connectivity index (χ4v) is 3.88. The van der Waals surface area contributed by atoms with E-state index >= 15 is 0 Å². The van der Waals surface area contributed by atoms with Crippen molar-refractivity contribution in [1.82, 2.24) is 4.98 Å². The zero-order valence-electron chi connectivity index (χ0n) is 12.5. The summed E-state index contributed by atoms with van der Waals surface area (Å²) in [6, 6.07) is 12.8. The van der Waals surface area contributed by atoms with Crippen LogP contribution in [0.3, 0.4) is 0 Å². The van der Waals surface area contributed by atoms with Gasteiger partial charge in [0.2, 0.25) is 5.91 Å². The van der Waals surface area contributed by atoms with Gasteiger partial charge in [-0.1, -0.05) is 30.0 Å². The SMILES string of the molecule is O=C(CSc1nc2ccccc2s1)Nc1cccc(OC(F)(F)F)c1. The monoisotopic (exact) mass is 384 g/mol. The highest BCUT2D eigenvalue weighted by atomic mass is 32.2. The Morgan fingerprint density at radius 2 is 2.00 bits per heavy atom. The molecule has 25 heavy (non-hydrogen) atoms. The number of para-hydroxylation sites is 1. The highest BCUT2D eigenvalue weighted by molar-refractivity contribution is 8.01. The average molecular weight is 384 g/mol. The molecule has 0 saturated heterocycles. The molecule has 1 amide bonds. The molecule has 3 aromatic rings. The van der Waals surface area contributed by atoms with Crippen LogP contribution in [-0.2, 0) is 4.79 Å². The van der Waals surface area contributed by atoms with Gasteiger partial charge in [-0.3, -0.25) is 4.79 Å². The highest BCUT2D eigenvalue weighted by Crippen LogP contribution is 2.29. The van der Waals surface area contributed by atoms with Crippen molar-refractivity contribution in [2.24, 2.45) is 0 Å². The van der Waals surface area contributed by atoms with E-state index in [1.807, 2.05) is 24.3 Å². The summed E-state index contributed by atoms with van der Waals surface area (Å²) in [5.41, 5.74) is 1.10. The Balaban J connectivity index is 1.58. The van der Waals surface area contributed by atoms with Crippen molar-refractivity contribution in [3.8, 4) is 5.75 Å². The van der Waals surface area contributed by atoms with E-state index in [-0.39, 0.29) is 23.1 Å². The molecule has 3 rings (SSSR count). The van der Waals surface area contributed by atoms with E-state index in [9.17, 15) is 18.0 Å². The van der Waals surface area contributed by atoms with E-state index in [0.717, 1.165) is 20.6 Å². The van der Waals surface area contributed by atoms with Crippen LogP contribution in [-0.4, -0.2) is 23.0 Å². The molecule has 0 aliphatic heterocycles. The van der Waals surface area contributed by atoms with Gasteiger partial charge in [0.05, 0.1) is 16.0 Å². The van der Waals surface area contributed by atoms with Crippen LogP contribution in [0.5, 0.6) is 5.75 Å². The van der Waals surface area contributed by atoms with E-state index in [1.165, 1.54) is 41.3 Å². The fraction of sp³-hybridized carbons (Fsp3) is 0.125. The average Bonchev–Trinajstić information content (AvgIpc) is 2.94. The van der Waals surface area contributed by atoms with Gasteiger partial charge in [0.15, 0.2) is 4.34 Å². The highest BCUT2D eigenvalue weighted by Gasteiger charge is 2.31. The third-order valence-electron chi connectivity index (χ3n) is 2.95. The third-order valence-corrected chi connectivity index (χ3v) is 5.13. The van der Waals surface area contributed by atoms with E-state index in [1.54, 1.807) is 0 Å². The summed E-state index contributed by atoms with van der Waals surface area (Å²) >= 11 is 2.75. The van der Waals surface area contributed by atoms with Crippen molar-refractivity contribution < 1.29 is 22.7 Å². The number of carbonyl (C=O) groups is 1. The summed E-state index contributed by atoms with van der Waals surface area (Å²) in [6.45, 7) is 0. The quantitative estimate of drug-likeness (QED) is 0.634. The summed E-state index contributed by atoms with van der Waals surface area (Å²) in [5.74, 6) is -0.623. The Labute approximate surface area is 149 Å². The number of thioether (sulfide) groups is 1. The van der Waals surface area contributed by atoms with E-state index in [4.69, 9.17) is 0 Å². The number of aromatic nitrogens is 1. The Morgan fingerprint density at radius 3 is 2.76 bits per heavy atom. The van der Waals surface area contributed by atoms with E-state index in [0.29, 0.717) is 0 Å². The van der Waals surface area contributed by atoms with Gasteiger partial charge in [0.1, 0.15) is 5.75 Å². The largest absolute Gasteiger partial charge is 0.573 e. The van der Waals surface area contributed by atoms with Crippen LogP contribution in [0.15, 0.2) is 52.9 Å². The maximum absolute atomic E-state index is 12.2. The first-order valence-electron chi connectivity index (χ1n) is 7.03. The van der Waals surface area contributed by atoms with Gasteiger partial charge in [-0.15, -0.1) is 24.5 Å². The first-order valence-corrected chi connectivity index (χ1v) is 8.83. The Kier molecular flexibility index (Phi) is 5.14. The second kappa shape index (κ2) is 7.32. The van der Waals surface area contributed by atoms with Crippen molar-refractivity contribution in [2.45, 2.75) is 10.7 Å². The van der Waals surface area contributed by atoms with Crippen molar-refractivity contribution in [3.05, 3.63) is 48.5 Å². The van der Waals surface area contributed by atoms with E-state index < -0.39 is 6.36 Å². The lowest BCUT2D eigenvalue weighted by atomic mass is 10.3. The van der Waals surface area contributed by atoms with Crippen molar-refractivity contribution in [2.75, 3.05) is 11.1 Å². The van der Waals surface area contributed by atoms with Crippen LogP contribution in [0.2, 0.25) is 0 Å². The van der Waals surface area contributed by atoms with Gasteiger partial charge in [-0.25, -0.2) is 4.98 Å². The number of benzene rings is 2. The van der Waals surface area contributed by atoms with Gasteiger partial charge < -0.3 is 10.1 Å². The van der Waals surface area contributed by atoms with Crippen LogP contribution in [0.1, 0.15) is 0 Å². The molecule has 9 heteroatoms. The molecule has 1 N–H and O–H groups in total. The molecular weight excluding hydrogens is 373 g/mol. The Morgan fingerprint density at radius 1 is 1.20 bits per heavy atom. The molecule has 2 aromatic carbocycles. The minimum absolute atomic E-state index is 0.101. The van der Waals surface area contributed by atoms with Gasteiger partial charge in [-0.2, -0.15) is 0 Å². The lowest BCUT2D eigenvalue weighted by molar-refractivity contribution is -0.274. The molecule has 130 valence electrons. The minimum atomic E-state index is -4.77. The number of halogens is 3. The number of hydrogen-bond acceptors (Lipinski definition) is 5. The van der Waals surface area contributed by atoms with Crippen LogP contribution in [0.4, 0.5) is 18.9 Å². The maximum atomic E-state index is 12.2. The predicted octanol–water partition coefficient (Wildman–Crippen LogP) is 4.93. The summed E-state index contributed by atoms with van der Waals surface area (Å²) in [6.07, 6.45) is -4.77. The van der Waals surface area contributed by atoms with Crippen LogP contribution in [0, 0.1) is 0 Å². The molecule has 0 atom stereocenters. The maximum Gasteiger partial charge on any atom is 0.573 e. The summed E-state index contributed by atoms with van der Waals surface area (Å²) in [4.78, 5) is 16.4. The molecule has 0 fully saturated rings. The first-order chi connectivity index (χ1) is 11.9. The number of ether oxygens (including phenoxy) is 1. The topological polar surface area (TPSA) is 51.2 Å². The van der Waals surface area contributed by atoms with Gasteiger partial charge in [0, 0.05) is 11.8 Å². The molecule has 0 spiro atoms. The van der Waals surface area contributed by atoms with Gasteiger partial charge in [-0.05, 0) is 24.3 Å². The lowest BCUT2D eigenvalue weighted by Crippen LogP contribution is -2.18. The molecule has 0 saturated carbocycles. The molecular formula is C16H11F3N2O2S2. The van der Waals surface area contributed by atoms with Crippen molar-refractivity contribution >= 4 is 44.9 Å². The second-order valence-electron chi connectivity index (χ2n) is 4.86. The molecule has 1 heterocycles. The van der Waals surface area contributed by atoms with Gasteiger partial charge >= 0.3 is 6.36 Å². The van der Waals surface area contributed by atoms with Crippen molar-refractivity contribution in [3.63, 3.8) is 0 Å². The smallest absolute Gasteiger partial charge is 0.406 e. The number of nitrogens with one attached hydrogen (secondary N) is 1. The Bertz CT molecular complexity index is 863. The lowest BCUT2D eigenvalue weighted by Gasteiger charge is -2.10.